The van der Waals surface area contributed by atoms with Gasteiger partial charge in [0.1, 0.15) is 0 Å². The summed E-state index contributed by atoms with van der Waals surface area (Å²) >= 11 is 0. The van der Waals surface area contributed by atoms with E-state index >= 15 is 0 Å². The normalized spacial score (nSPS) is 11.1. The largest absolute Gasteiger partial charge is 0.353 e. The van der Waals surface area contributed by atoms with Crippen molar-refractivity contribution in [1.82, 2.24) is 15.1 Å². The van der Waals surface area contributed by atoms with Crippen molar-refractivity contribution in [3.05, 3.63) is 35.5 Å². The van der Waals surface area contributed by atoms with Gasteiger partial charge in [-0.25, -0.2) is 4.98 Å². The summed E-state index contributed by atoms with van der Waals surface area (Å²) in [5.41, 5.74) is 4.02. The van der Waals surface area contributed by atoms with Crippen LogP contribution in [0.25, 0.3) is 22.6 Å². The summed E-state index contributed by atoms with van der Waals surface area (Å²) in [4.78, 5) is 7.67. The van der Waals surface area contributed by atoms with Crippen LogP contribution in [-0.4, -0.2) is 15.1 Å². The van der Waals surface area contributed by atoms with E-state index in [9.17, 15) is 0 Å². The lowest BCUT2D eigenvalue weighted by Gasteiger charge is -1.89. The molecule has 1 N–H and O–H groups in total. The van der Waals surface area contributed by atoms with Crippen LogP contribution in [0.3, 0.4) is 0 Å². The van der Waals surface area contributed by atoms with E-state index in [0.29, 0.717) is 5.76 Å². The quantitative estimate of drug-likeness (QED) is 0.676. The summed E-state index contributed by atoms with van der Waals surface area (Å²) < 4.78 is 5.17. The molecule has 0 unspecified atom stereocenters. The van der Waals surface area contributed by atoms with Crippen LogP contribution in [-0.2, 0) is 0 Å². The second kappa shape index (κ2) is 3.20. The van der Waals surface area contributed by atoms with Crippen molar-refractivity contribution < 1.29 is 4.52 Å². The first-order chi connectivity index (χ1) is 7.72. The highest BCUT2D eigenvalue weighted by molar-refractivity contribution is 5.79. The maximum atomic E-state index is 5.17. The van der Waals surface area contributed by atoms with Gasteiger partial charge in [0.15, 0.2) is 5.82 Å². The third-order valence-corrected chi connectivity index (χ3v) is 2.50. The van der Waals surface area contributed by atoms with E-state index in [1.165, 1.54) is 5.56 Å². The van der Waals surface area contributed by atoms with Gasteiger partial charge in [0.2, 0.25) is 5.76 Å². The Morgan fingerprint density at radius 1 is 1.19 bits per heavy atom. The fourth-order valence-corrected chi connectivity index (χ4v) is 1.72. The van der Waals surface area contributed by atoms with Crippen LogP contribution in [0, 0.1) is 13.8 Å². The zero-order valence-electron chi connectivity index (χ0n) is 9.11. The number of aromatic nitrogens is 3. The molecule has 0 saturated carbocycles. The lowest BCUT2D eigenvalue weighted by atomic mass is 10.2. The first-order valence-electron chi connectivity index (χ1n) is 5.12. The number of rotatable bonds is 1. The number of benzene rings is 1. The SMILES string of the molecule is Cc1ccc2nc(-c3cc(C)no3)[nH]c2c1. The summed E-state index contributed by atoms with van der Waals surface area (Å²) in [6.07, 6.45) is 0. The molecular weight excluding hydrogens is 202 g/mol. The van der Waals surface area contributed by atoms with E-state index in [1.807, 2.05) is 25.1 Å². The van der Waals surface area contributed by atoms with Crippen LogP contribution in [0.2, 0.25) is 0 Å². The number of aromatic amines is 1. The molecule has 1 aromatic carbocycles. The molecule has 3 rings (SSSR count). The summed E-state index contributed by atoms with van der Waals surface area (Å²) in [5, 5.41) is 3.85. The lowest BCUT2D eigenvalue weighted by molar-refractivity contribution is 0.425. The molecule has 0 bridgehead atoms. The maximum Gasteiger partial charge on any atom is 0.202 e. The van der Waals surface area contributed by atoms with Crippen molar-refractivity contribution >= 4 is 11.0 Å². The van der Waals surface area contributed by atoms with Crippen LogP contribution in [0.1, 0.15) is 11.3 Å². The van der Waals surface area contributed by atoms with Crippen molar-refractivity contribution in [2.24, 2.45) is 0 Å². The fourth-order valence-electron chi connectivity index (χ4n) is 1.72. The maximum absolute atomic E-state index is 5.17. The molecule has 0 aliphatic heterocycles. The van der Waals surface area contributed by atoms with Gasteiger partial charge in [-0.15, -0.1) is 0 Å². The molecule has 3 aromatic rings. The summed E-state index contributed by atoms with van der Waals surface area (Å²) in [6, 6.07) is 7.96. The molecule has 0 fully saturated rings. The summed E-state index contributed by atoms with van der Waals surface area (Å²) in [5.74, 6) is 1.40. The number of hydrogen-bond donors (Lipinski definition) is 1. The predicted molar refractivity (Wildman–Crippen MR) is 61.1 cm³/mol. The molecule has 2 aromatic heterocycles. The molecule has 0 amide bonds. The van der Waals surface area contributed by atoms with Crippen LogP contribution in [0.15, 0.2) is 28.8 Å². The molecule has 0 radical (unpaired) electrons. The first-order valence-corrected chi connectivity index (χ1v) is 5.12. The average Bonchev–Trinajstić information content (AvgIpc) is 2.83. The van der Waals surface area contributed by atoms with E-state index in [4.69, 9.17) is 4.52 Å². The lowest BCUT2D eigenvalue weighted by Crippen LogP contribution is -1.74. The minimum atomic E-state index is 0.673. The molecule has 0 aliphatic rings. The number of hydrogen-bond acceptors (Lipinski definition) is 3. The molecule has 2 heterocycles. The van der Waals surface area contributed by atoms with Crippen molar-refractivity contribution in [3.63, 3.8) is 0 Å². The molecule has 80 valence electrons. The van der Waals surface area contributed by atoms with Crippen molar-refractivity contribution in [1.29, 1.82) is 0 Å². The number of aryl methyl sites for hydroxylation is 2. The minimum absolute atomic E-state index is 0.673. The Bertz CT molecular complexity index is 651. The highest BCUT2D eigenvalue weighted by Gasteiger charge is 2.09. The molecule has 4 nitrogen and oxygen atoms in total. The van der Waals surface area contributed by atoms with Crippen molar-refractivity contribution in [2.45, 2.75) is 13.8 Å². The van der Waals surface area contributed by atoms with Gasteiger partial charge in [0.05, 0.1) is 16.7 Å². The Balaban J connectivity index is 2.18. The number of nitrogens with one attached hydrogen (secondary N) is 1. The monoisotopic (exact) mass is 213 g/mol. The Hall–Kier alpha value is -2.10. The van der Waals surface area contributed by atoms with Crippen LogP contribution < -0.4 is 0 Å². The highest BCUT2D eigenvalue weighted by Crippen LogP contribution is 2.21. The van der Waals surface area contributed by atoms with Crippen LogP contribution >= 0.6 is 0 Å². The molecule has 0 saturated heterocycles. The minimum Gasteiger partial charge on any atom is -0.353 e. The Morgan fingerprint density at radius 3 is 2.81 bits per heavy atom. The van der Waals surface area contributed by atoms with Crippen LogP contribution in [0.4, 0.5) is 0 Å². The number of H-pyrrole nitrogens is 1. The molecule has 0 spiro atoms. The average molecular weight is 213 g/mol. The van der Waals surface area contributed by atoms with Gasteiger partial charge >= 0.3 is 0 Å². The van der Waals surface area contributed by atoms with E-state index in [0.717, 1.165) is 22.6 Å². The highest BCUT2D eigenvalue weighted by atomic mass is 16.5. The van der Waals surface area contributed by atoms with Gasteiger partial charge in [0.25, 0.3) is 0 Å². The second-order valence-corrected chi connectivity index (χ2v) is 3.94. The third-order valence-electron chi connectivity index (χ3n) is 2.50. The van der Waals surface area contributed by atoms with Crippen LogP contribution in [0.5, 0.6) is 0 Å². The smallest absolute Gasteiger partial charge is 0.202 e. The standard InChI is InChI=1S/C12H11N3O/c1-7-3-4-9-10(5-7)14-12(13-9)11-6-8(2)15-16-11/h3-6H,1-2H3,(H,13,14). The van der Waals surface area contributed by atoms with Gasteiger partial charge in [-0.05, 0) is 31.5 Å². The van der Waals surface area contributed by atoms with Crippen molar-refractivity contribution in [2.75, 3.05) is 0 Å². The topological polar surface area (TPSA) is 54.7 Å². The van der Waals surface area contributed by atoms with E-state index in [-0.39, 0.29) is 0 Å². The number of fused-ring (bicyclic) bond motifs is 1. The molecule has 16 heavy (non-hydrogen) atoms. The van der Waals surface area contributed by atoms with E-state index in [1.54, 1.807) is 0 Å². The Labute approximate surface area is 92.3 Å². The predicted octanol–water partition coefficient (Wildman–Crippen LogP) is 2.83. The van der Waals surface area contributed by atoms with Gasteiger partial charge in [-0.1, -0.05) is 11.2 Å². The zero-order valence-corrected chi connectivity index (χ0v) is 9.11. The van der Waals surface area contributed by atoms with Gasteiger partial charge in [0, 0.05) is 6.07 Å². The molecule has 0 aliphatic carbocycles. The molecule has 4 heteroatoms. The zero-order chi connectivity index (χ0) is 11.1. The number of imidazole rings is 1. The van der Waals surface area contributed by atoms with Gasteiger partial charge < -0.3 is 9.51 Å². The summed E-state index contributed by atoms with van der Waals surface area (Å²) in [6.45, 7) is 3.94. The fraction of sp³-hybridized carbons (Fsp3) is 0.167. The molecular formula is C12H11N3O. The van der Waals surface area contributed by atoms with E-state index < -0.39 is 0 Å². The third kappa shape index (κ3) is 1.39. The Morgan fingerprint density at radius 2 is 2.06 bits per heavy atom. The van der Waals surface area contributed by atoms with Crippen molar-refractivity contribution in [3.8, 4) is 11.6 Å². The molecule has 0 atom stereocenters. The number of nitrogens with zero attached hydrogens (tertiary/aromatic N) is 2. The van der Waals surface area contributed by atoms with E-state index in [2.05, 4.69) is 28.1 Å². The second-order valence-electron chi connectivity index (χ2n) is 3.94. The summed E-state index contributed by atoms with van der Waals surface area (Å²) in [7, 11) is 0. The Kier molecular flexibility index (Phi) is 1.83. The van der Waals surface area contributed by atoms with Gasteiger partial charge in [-0.3, -0.25) is 0 Å². The first kappa shape index (κ1) is 9.15. The van der Waals surface area contributed by atoms with Gasteiger partial charge in [-0.2, -0.15) is 0 Å².